The Morgan fingerprint density at radius 1 is 1.08 bits per heavy atom. The molecule has 0 bridgehead atoms. The number of methoxy groups -OCH3 is 2. The number of ether oxygens (including phenoxy) is 3. The van der Waals surface area contributed by atoms with E-state index in [1.165, 1.54) is 20.3 Å². The van der Waals surface area contributed by atoms with E-state index in [2.05, 4.69) is 0 Å². The minimum atomic E-state index is -0.430. The van der Waals surface area contributed by atoms with E-state index < -0.39 is 5.97 Å². The Hall–Kier alpha value is -3.28. The molecule has 134 valence electrons. The molecule has 0 aliphatic heterocycles. The quantitative estimate of drug-likeness (QED) is 0.651. The number of carbonyl (C=O) groups excluding carboxylic acids is 1. The van der Waals surface area contributed by atoms with Crippen molar-refractivity contribution in [3.63, 3.8) is 0 Å². The molecule has 0 saturated carbocycles. The first-order valence-electron chi connectivity index (χ1n) is 8.04. The molecule has 6 nitrogen and oxygen atoms in total. The molecule has 0 aliphatic rings. The van der Waals surface area contributed by atoms with Gasteiger partial charge in [0.2, 0.25) is 0 Å². The Labute approximate surface area is 149 Å². The summed E-state index contributed by atoms with van der Waals surface area (Å²) in [5.41, 5.74) is 1.07. The first kappa shape index (κ1) is 17.5. The molecule has 0 unspecified atom stereocenters. The van der Waals surface area contributed by atoms with Crippen molar-refractivity contribution in [3.8, 4) is 22.8 Å². The second-order valence-corrected chi connectivity index (χ2v) is 5.48. The Bertz CT molecular complexity index is 1020. The van der Waals surface area contributed by atoms with Gasteiger partial charge in [0.15, 0.2) is 5.43 Å². The van der Waals surface area contributed by atoms with E-state index >= 15 is 0 Å². The van der Waals surface area contributed by atoms with Crippen LogP contribution in [-0.4, -0.2) is 26.8 Å². The summed E-state index contributed by atoms with van der Waals surface area (Å²) in [4.78, 5) is 24.5. The lowest BCUT2D eigenvalue weighted by Crippen LogP contribution is -2.05. The zero-order valence-corrected chi connectivity index (χ0v) is 14.7. The number of fused-ring (bicyclic) bond motifs is 1. The molecule has 0 saturated heterocycles. The minimum absolute atomic E-state index is 0.248. The molecular formula is C20H18O6. The third-order valence-corrected chi connectivity index (χ3v) is 3.88. The van der Waals surface area contributed by atoms with E-state index in [1.807, 2.05) is 0 Å². The monoisotopic (exact) mass is 354 g/mol. The van der Waals surface area contributed by atoms with Gasteiger partial charge in [0.1, 0.15) is 28.2 Å². The van der Waals surface area contributed by atoms with Crippen molar-refractivity contribution in [1.29, 1.82) is 0 Å². The molecule has 0 aliphatic carbocycles. The van der Waals surface area contributed by atoms with Crippen molar-refractivity contribution in [2.24, 2.45) is 0 Å². The summed E-state index contributed by atoms with van der Waals surface area (Å²) in [6.07, 6.45) is 0. The maximum Gasteiger partial charge on any atom is 0.338 e. The highest BCUT2D eigenvalue weighted by atomic mass is 16.5. The van der Waals surface area contributed by atoms with Gasteiger partial charge in [-0.1, -0.05) is 12.1 Å². The summed E-state index contributed by atoms with van der Waals surface area (Å²) in [5.74, 6) is 0.791. The summed E-state index contributed by atoms with van der Waals surface area (Å²) < 4.78 is 21.4. The Kier molecular flexibility index (Phi) is 4.93. The van der Waals surface area contributed by atoms with Gasteiger partial charge in [-0.15, -0.1) is 0 Å². The lowest BCUT2D eigenvalue weighted by molar-refractivity contribution is 0.0526. The topological polar surface area (TPSA) is 75.0 Å². The number of hydrogen-bond donors (Lipinski definition) is 0. The fraction of sp³-hybridized carbons (Fsp3) is 0.200. The Morgan fingerprint density at radius 2 is 1.88 bits per heavy atom. The standard InChI is InChI=1S/C20H18O6/c1-4-25-20(22)13-7-5-6-12(8-13)16-11-15(21)19-17(24-3)9-14(23-2)10-18(19)26-16/h5-11H,4H2,1-3H3. The largest absolute Gasteiger partial charge is 0.496 e. The molecule has 2 aromatic carbocycles. The first-order chi connectivity index (χ1) is 12.6. The van der Waals surface area contributed by atoms with Crippen LogP contribution in [-0.2, 0) is 4.74 Å². The predicted molar refractivity (Wildman–Crippen MR) is 97.0 cm³/mol. The fourth-order valence-electron chi connectivity index (χ4n) is 2.66. The van der Waals surface area contributed by atoms with Crippen LogP contribution in [0.25, 0.3) is 22.3 Å². The van der Waals surface area contributed by atoms with Gasteiger partial charge in [-0.25, -0.2) is 4.79 Å². The molecule has 0 spiro atoms. The third kappa shape index (κ3) is 3.26. The van der Waals surface area contributed by atoms with Gasteiger partial charge < -0.3 is 18.6 Å². The van der Waals surface area contributed by atoms with Crippen molar-refractivity contribution in [3.05, 3.63) is 58.3 Å². The van der Waals surface area contributed by atoms with E-state index in [1.54, 1.807) is 43.3 Å². The summed E-state index contributed by atoms with van der Waals surface area (Å²) in [6.45, 7) is 2.03. The van der Waals surface area contributed by atoms with E-state index in [9.17, 15) is 9.59 Å². The molecule has 0 atom stereocenters. The molecular weight excluding hydrogens is 336 g/mol. The van der Waals surface area contributed by atoms with Gasteiger partial charge in [0.05, 0.1) is 26.4 Å². The van der Waals surface area contributed by atoms with Gasteiger partial charge in [-0.3, -0.25) is 4.79 Å². The molecule has 0 radical (unpaired) electrons. The molecule has 1 aromatic heterocycles. The fourth-order valence-corrected chi connectivity index (χ4v) is 2.66. The molecule has 3 rings (SSSR count). The van der Waals surface area contributed by atoms with Crippen LogP contribution in [0.5, 0.6) is 11.5 Å². The number of hydrogen-bond acceptors (Lipinski definition) is 6. The highest BCUT2D eigenvalue weighted by molar-refractivity contribution is 5.91. The zero-order chi connectivity index (χ0) is 18.7. The number of carbonyl (C=O) groups is 1. The summed E-state index contributed by atoms with van der Waals surface area (Å²) in [5, 5.41) is 0.332. The maximum absolute atomic E-state index is 12.6. The average Bonchev–Trinajstić information content (AvgIpc) is 2.67. The zero-order valence-electron chi connectivity index (χ0n) is 14.7. The molecule has 3 aromatic rings. The van der Waals surface area contributed by atoms with Gasteiger partial charge in [-0.05, 0) is 19.1 Å². The summed E-state index contributed by atoms with van der Waals surface area (Å²) >= 11 is 0. The van der Waals surface area contributed by atoms with Crippen LogP contribution in [0.1, 0.15) is 17.3 Å². The molecule has 1 heterocycles. The minimum Gasteiger partial charge on any atom is -0.496 e. The number of esters is 1. The third-order valence-electron chi connectivity index (χ3n) is 3.88. The van der Waals surface area contributed by atoms with Gasteiger partial charge in [-0.2, -0.15) is 0 Å². The second-order valence-electron chi connectivity index (χ2n) is 5.48. The van der Waals surface area contributed by atoms with Crippen LogP contribution in [0.4, 0.5) is 0 Å². The molecule has 0 amide bonds. The molecule has 6 heteroatoms. The molecule has 0 fully saturated rings. The van der Waals surface area contributed by atoms with Crippen LogP contribution >= 0.6 is 0 Å². The van der Waals surface area contributed by atoms with Crippen molar-refractivity contribution in [1.82, 2.24) is 0 Å². The Morgan fingerprint density at radius 3 is 2.58 bits per heavy atom. The Balaban J connectivity index is 2.16. The van der Waals surface area contributed by atoms with Crippen LogP contribution in [0.3, 0.4) is 0 Å². The van der Waals surface area contributed by atoms with Crippen molar-refractivity contribution >= 4 is 16.9 Å². The van der Waals surface area contributed by atoms with Gasteiger partial charge >= 0.3 is 5.97 Å². The normalized spacial score (nSPS) is 10.6. The lowest BCUT2D eigenvalue weighted by atomic mass is 10.1. The van der Waals surface area contributed by atoms with Crippen LogP contribution in [0.2, 0.25) is 0 Å². The van der Waals surface area contributed by atoms with E-state index in [0.29, 0.717) is 39.4 Å². The number of rotatable bonds is 5. The molecule has 0 N–H and O–H groups in total. The average molecular weight is 354 g/mol. The molecule has 26 heavy (non-hydrogen) atoms. The van der Waals surface area contributed by atoms with Gasteiger partial charge in [0, 0.05) is 23.8 Å². The van der Waals surface area contributed by atoms with Crippen molar-refractivity contribution in [2.45, 2.75) is 6.92 Å². The van der Waals surface area contributed by atoms with Crippen LogP contribution in [0, 0.1) is 0 Å². The van der Waals surface area contributed by atoms with Crippen molar-refractivity contribution < 1.29 is 23.4 Å². The predicted octanol–water partition coefficient (Wildman–Crippen LogP) is 3.65. The van der Waals surface area contributed by atoms with Gasteiger partial charge in [0.25, 0.3) is 0 Å². The summed E-state index contributed by atoms with van der Waals surface area (Å²) in [6, 6.07) is 11.4. The lowest BCUT2D eigenvalue weighted by Gasteiger charge is -2.09. The summed E-state index contributed by atoms with van der Waals surface area (Å²) in [7, 11) is 3.00. The maximum atomic E-state index is 12.6. The van der Waals surface area contributed by atoms with Crippen LogP contribution in [0.15, 0.2) is 51.7 Å². The first-order valence-corrected chi connectivity index (χ1v) is 8.04. The number of benzene rings is 2. The second kappa shape index (κ2) is 7.31. The van der Waals surface area contributed by atoms with E-state index in [4.69, 9.17) is 18.6 Å². The van der Waals surface area contributed by atoms with E-state index in [-0.39, 0.29) is 12.0 Å². The highest BCUT2D eigenvalue weighted by Crippen LogP contribution is 2.31. The van der Waals surface area contributed by atoms with E-state index in [0.717, 1.165) is 0 Å². The van der Waals surface area contributed by atoms with Crippen molar-refractivity contribution in [2.75, 3.05) is 20.8 Å². The van der Waals surface area contributed by atoms with Crippen LogP contribution < -0.4 is 14.9 Å². The smallest absolute Gasteiger partial charge is 0.338 e. The SMILES string of the molecule is CCOC(=O)c1cccc(-c2cc(=O)c3c(OC)cc(OC)cc3o2)c1. The highest BCUT2D eigenvalue weighted by Gasteiger charge is 2.15.